The monoisotopic (exact) mass is 414 g/mol. The van der Waals surface area contributed by atoms with Crippen LogP contribution in [0.15, 0.2) is 52.5 Å². The zero-order valence-electron chi connectivity index (χ0n) is 14.3. The summed E-state index contributed by atoms with van der Waals surface area (Å²) in [5, 5.41) is 5.65. The lowest BCUT2D eigenvalue weighted by Gasteiger charge is -2.18. The fourth-order valence-electron chi connectivity index (χ4n) is 2.61. The van der Waals surface area contributed by atoms with Crippen molar-refractivity contribution in [3.63, 3.8) is 0 Å². The third-order valence-corrected chi connectivity index (χ3v) is 4.43. The molecule has 0 unspecified atom stereocenters. The van der Waals surface area contributed by atoms with Gasteiger partial charge in [-0.3, -0.25) is 9.59 Å². The largest absolute Gasteiger partial charge is 0.488 e. The Bertz CT molecular complexity index is 877. The first-order valence-electron chi connectivity index (χ1n) is 8.40. The number of hydrogen-bond acceptors (Lipinski definition) is 3. The number of ether oxygens (including phenoxy) is 1. The average Bonchev–Trinajstić information content (AvgIpc) is 2.65. The van der Waals surface area contributed by atoms with Gasteiger partial charge in [-0.1, -0.05) is 35.0 Å². The quantitative estimate of drug-likeness (QED) is 0.776. The fourth-order valence-corrected chi connectivity index (χ4v) is 2.98. The Morgan fingerprint density at radius 3 is 2.77 bits per heavy atom. The number of carbonyl (C=O) groups excluding carboxylic acids is 2. The van der Waals surface area contributed by atoms with Gasteiger partial charge in [0.05, 0.1) is 16.8 Å². The molecule has 1 aliphatic rings. The lowest BCUT2D eigenvalue weighted by molar-refractivity contribution is -0.113. The van der Waals surface area contributed by atoms with Gasteiger partial charge in [-0.25, -0.2) is 0 Å². The van der Waals surface area contributed by atoms with Crippen LogP contribution in [0.3, 0.4) is 0 Å². The number of para-hydroxylation sites is 1. The average molecular weight is 415 g/mol. The molecule has 0 radical (unpaired) electrons. The standard InChI is InChI=1S/C20H19BrN2O3/c1-2-9-22-20(25)16-5-3-4-6-17(16)23-19(24)14-10-13-11-15(21)7-8-18(13)26-12-14/h3-8,10-11H,2,9,12H2,1H3,(H,22,25)(H,23,24). The van der Waals surface area contributed by atoms with Crippen molar-refractivity contribution in [2.24, 2.45) is 0 Å². The van der Waals surface area contributed by atoms with E-state index < -0.39 is 0 Å². The van der Waals surface area contributed by atoms with Gasteiger partial charge in [0.1, 0.15) is 12.4 Å². The topological polar surface area (TPSA) is 67.4 Å². The number of rotatable bonds is 5. The third kappa shape index (κ3) is 4.14. The van der Waals surface area contributed by atoms with Crippen LogP contribution in [0.25, 0.3) is 6.08 Å². The van der Waals surface area contributed by atoms with Gasteiger partial charge in [0.2, 0.25) is 0 Å². The van der Waals surface area contributed by atoms with E-state index in [0.29, 0.717) is 23.4 Å². The van der Waals surface area contributed by atoms with Crippen LogP contribution in [0, 0.1) is 0 Å². The van der Waals surface area contributed by atoms with Gasteiger partial charge < -0.3 is 15.4 Å². The number of carbonyl (C=O) groups is 2. The van der Waals surface area contributed by atoms with E-state index in [2.05, 4.69) is 26.6 Å². The zero-order chi connectivity index (χ0) is 18.5. The zero-order valence-corrected chi connectivity index (χ0v) is 15.9. The highest BCUT2D eigenvalue weighted by Gasteiger charge is 2.19. The van der Waals surface area contributed by atoms with E-state index in [4.69, 9.17) is 4.74 Å². The maximum absolute atomic E-state index is 12.6. The molecule has 1 aliphatic heterocycles. The number of nitrogens with one attached hydrogen (secondary N) is 2. The van der Waals surface area contributed by atoms with E-state index in [9.17, 15) is 9.59 Å². The summed E-state index contributed by atoms with van der Waals surface area (Å²) in [5.41, 5.74) is 2.26. The molecule has 2 aromatic carbocycles. The van der Waals surface area contributed by atoms with Gasteiger partial charge in [-0.15, -0.1) is 0 Å². The van der Waals surface area contributed by atoms with Crippen LogP contribution >= 0.6 is 15.9 Å². The number of benzene rings is 2. The summed E-state index contributed by atoms with van der Waals surface area (Å²) >= 11 is 3.42. The molecule has 5 nitrogen and oxygen atoms in total. The van der Waals surface area contributed by atoms with E-state index in [1.54, 1.807) is 30.3 Å². The Balaban J connectivity index is 1.80. The molecule has 0 saturated carbocycles. The van der Waals surface area contributed by atoms with Crippen molar-refractivity contribution in [2.45, 2.75) is 13.3 Å². The SMILES string of the molecule is CCCNC(=O)c1ccccc1NC(=O)C1=Cc2cc(Br)ccc2OC1. The van der Waals surface area contributed by atoms with Gasteiger partial charge in [0.15, 0.2) is 0 Å². The minimum absolute atomic E-state index is 0.185. The highest BCUT2D eigenvalue weighted by atomic mass is 79.9. The number of hydrogen-bond donors (Lipinski definition) is 2. The highest BCUT2D eigenvalue weighted by molar-refractivity contribution is 9.10. The van der Waals surface area contributed by atoms with Gasteiger partial charge >= 0.3 is 0 Å². The summed E-state index contributed by atoms with van der Waals surface area (Å²) in [6, 6.07) is 12.6. The normalized spacial score (nSPS) is 12.5. The molecular weight excluding hydrogens is 396 g/mol. The van der Waals surface area contributed by atoms with Gasteiger partial charge in [-0.2, -0.15) is 0 Å². The summed E-state index contributed by atoms with van der Waals surface area (Å²) in [6.45, 7) is 2.76. The molecule has 0 spiro atoms. The molecule has 2 amide bonds. The Kier molecular flexibility index (Phi) is 5.73. The lowest BCUT2D eigenvalue weighted by atomic mass is 10.1. The fraction of sp³-hybridized carbons (Fsp3) is 0.200. The first-order chi connectivity index (χ1) is 12.6. The van der Waals surface area contributed by atoms with Gasteiger partial charge in [0, 0.05) is 16.6 Å². The summed E-state index contributed by atoms with van der Waals surface area (Å²) in [7, 11) is 0. The first-order valence-corrected chi connectivity index (χ1v) is 9.19. The third-order valence-electron chi connectivity index (χ3n) is 3.93. The van der Waals surface area contributed by atoms with Crippen LogP contribution in [-0.2, 0) is 4.79 Å². The van der Waals surface area contributed by atoms with Crippen LogP contribution in [0.4, 0.5) is 5.69 Å². The van der Waals surface area contributed by atoms with Crippen molar-refractivity contribution < 1.29 is 14.3 Å². The van der Waals surface area contributed by atoms with E-state index in [-0.39, 0.29) is 18.4 Å². The first kappa shape index (κ1) is 18.2. The maximum atomic E-state index is 12.6. The molecule has 0 aromatic heterocycles. The van der Waals surface area contributed by atoms with E-state index in [1.807, 2.05) is 25.1 Å². The molecule has 2 aromatic rings. The molecule has 0 bridgehead atoms. The number of anilines is 1. The van der Waals surface area contributed by atoms with Gasteiger partial charge in [-0.05, 0) is 42.8 Å². The molecule has 0 saturated heterocycles. The molecule has 0 fully saturated rings. The number of amides is 2. The van der Waals surface area contributed by atoms with Crippen LogP contribution in [-0.4, -0.2) is 25.0 Å². The molecule has 2 N–H and O–H groups in total. The highest BCUT2D eigenvalue weighted by Crippen LogP contribution is 2.29. The Morgan fingerprint density at radius 2 is 1.96 bits per heavy atom. The molecule has 26 heavy (non-hydrogen) atoms. The van der Waals surface area contributed by atoms with Crippen LogP contribution < -0.4 is 15.4 Å². The molecule has 3 rings (SSSR count). The second-order valence-corrected chi connectivity index (χ2v) is 6.81. The second kappa shape index (κ2) is 8.19. The second-order valence-electron chi connectivity index (χ2n) is 5.90. The van der Waals surface area contributed by atoms with Crippen LogP contribution in [0.1, 0.15) is 29.3 Å². The number of halogens is 1. The van der Waals surface area contributed by atoms with Crippen LogP contribution in [0.5, 0.6) is 5.75 Å². The predicted molar refractivity (Wildman–Crippen MR) is 105 cm³/mol. The summed E-state index contributed by atoms with van der Waals surface area (Å²) in [5.74, 6) is 0.251. The Morgan fingerprint density at radius 1 is 1.15 bits per heavy atom. The van der Waals surface area contributed by atoms with Crippen molar-refractivity contribution in [3.8, 4) is 5.75 Å². The molecule has 0 atom stereocenters. The van der Waals surface area contributed by atoms with Crippen molar-refractivity contribution in [3.05, 3.63) is 63.6 Å². The molecular formula is C20H19BrN2O3. The van der Waals surface area contributed by atoms with Gasteiger partial charge in [0.25, 0.3) is 11.8 Å². The predicted octanol–water partition coefficient (Wildman–Crippen LogP) is 4.00. The molecule has 134 valence electrons. The van der Waals surface area contributed by atoms with E-state index in [1.165, 1.54) is 0 Å². The lowest BCUT2D eigenvalue weighted by Crippen LogP contribution is -2.27. The maximum Gasteiger partial charge on any atom is 0.255 e. The van der Waals surface area contributed by atoms with E-state index in [0.717, 1.165) is 22.2 Å². The minimum atomic E-state index is -0.286. The molecule has 0 aliphatic carbocycles. The minimum Gasteiger partial charge on any atom is -0.488 e. The summed E-state index contributed by atoms with van der Waals surface area (Å²) in [6.07, 6.45) is 2.65. The number of fused-ring (bicyclic) bond motifs is 1. The molecule has 1 heterocycles. The summed E-state index contributed by atoms with van der Waals surface area (Å²) in [4.78, 5) is 24.9. The smallest absolute Gasteiger partial charge is 0.255 e. The van der Waals surface area contributed by atoms with Crippen molar-refractivity contribution in [1.29, 1.82) is 0 Å². The van der Waals surface area contributed by atoms with Crippen molar-refractivity contribution in [1.82, 2.24) is 5.32 Å². The molecule has 6 heteroatoms. The Labute approximate surface area is 160 Å². The summed E-state index contributed by atoms with van der Waals surface area (Å²) < 4.78 is 6.56. The Hall–Kier alpha value is -2.60. The van der Waals surface area contributed by atoms with Crippen LogP contribution in [0.2, 0.25) is 0 Å². The van der Waals surface area contributed by atoms with E-state index >= 15 is 0 Å². The van der Waals surface area contributed by atoms with Crippen molar-refractivity contribution >= 4 is 39.5 Å². The van der Waals surface area contributed by atoms with Crippen molar-refractivity contribution in [2.75, 3.05) is 18.5 Å².